The second-order valence-corrected chi connectivity index (χ2v) is 4.18. The Morgan fingerprint density at radius 3 is 2.62 bits per heavy atom. The lowest BCUT2D eigenvalue weighted by atomic mass is 9.82. The third-order valence-electron chi connectivity index (χ3n) is 2.65. The van der Waals surface area contributed by atoms with Gasteiger partial charge in [0.25, 0.3) is 0 Å². The van der Waals surface area contributed by atoms with Gasteiger partial charge >= 0.3 is 6.18 Å². The van der Waals surface area contributed by atoms with Crippen molar-refractivity contribution in [2.24, 2.45) is 5.92 Å². The molecule has 6 heteroatoms. The first-order chi connectivity index (χ1) is 7.45. The Morgan fingerprint density at radius 2 is 2.06 bits per heavy atom. The molecular formula is C10H12F3N3. The molecule has 1 aromatic rings. The number of rotatable bonds is 2. The quantitative estimate of drug-likeness (QED) is 0.850. The van der Waals surface area contributed by atoms with Crippen LogP contribution in [-0.4, -0.2) is 16.0 Å². The lowest BCUT2D eigenvalue weighted by Gasteiger charge is -2.33. The van der Waals surface area contributed by atoms with Crippen LogP contribution in [0.2, 0.25) is 0 Å². The molecule has 0 aromatic carbocycles. The molecule has 2 rings (SSSR count). The van der Waals surface area contributed by atoms with E-state index in [0.717, 1.165) is 25.1 Å². The van der Waals surface area contributed by atoms with Crippen molar-refractivity contribution < 1.29 is 13.2 Å². The summed E-state index contributed by atoms with van der Waals surface area (Å²) in [7, 11) is 0. The van der Waals surface area contributed by atoms with Gasteiger partial charge in [-0.1, -0.05) is 6.92 Å². The molecule has 0 amide bonds. The van der Waals surface area contributed by atoms with Gasteiger partial charge in [-0.2, -0.15) is 13.2 Å². The molecule has 1 saturated carbocycles. The third kappa shape index (κ3) is 2.43. The Hall–Kier alpha value is -1.33. The van der Waals surface area contributed by atoms with Crippen molar-refractivity contribution in [1.29, 1.82) is 0 Å². The summed E-state index contributed by atoms with van der Waals surface area (Å²) < 4.78 is 37.0. The van der Waals surface area contributed by atoms with Crippen LogP contribution in [0.3, 0.4) is 0 Å². The summed E-state index contributed by atoms with van der Waals surface area (Å²) in [6.07, 6.45) is -1.37. The monoisotopic (exact) mass is 231 g/mol. The summed E-state index contributed by atoms with van der Waals surface area (Å²) in [4.78, 5) is 7.22. The molecular weight excluding hydrogens is 219 g/mol. The van der Waals surface area contributed by atoms with Crippen LogP contribution < -0.4 is 5.32 Å². The first kappa shape index (κ1) is 11.2. The van der Waals surface area contributed by atoms with Crippen molar-refractivity contribution in [3.63, 3.8) is 0 Å². The Bertz CT molecular complexity index is 372. The van der Waals surface area contributed by atoms with E-state index in [2.05, 4.69) is 22.2 Å². The highest BCUT2D eigenvalue weighted by atomic mass is 19.4. The van der Waals surface area contributed by atoms with Gasteiger partial charge in [-0.3, -0.25) is 0 Å². The normalized spacial score (nSPS) is 25.0. The maximum absolute atomic E-state index is 12.3. The van der Waals surface area contributed by atoms with Crippen LogP contribution in [0.4, 0.5) is 19.1 Å². The number of aromatic nitrogens is 2. The summed E-state index contributed by atoms with van der Waals surface area (Å²) in [6, 6.07) is 1.08. The van der Waals surface area contributed by atoms with Crippen LogP contribution in [0.15, 0.2) is 12.3 Å². The minimum absolute atomic E-state index is 0.0618. The van der Waals surface area contributed by atoms with Gasteiger partial charge in [0.2, 0.25) is 5.95 Å². The molecule has 1 heterocycles. The number of hydrogen-bond acceptors (Lipinski definition) is 3. The summed E-state index contributed by atoms with van der Waals surface area (Å²) in [5, 5.41) is 2.90. The SMILES string of the molecule is CC1CC(Nc2nccc(C(F)(F)F)n2)C1. The van der Waals surface area contributed by atoms with Crippen LogP contribution in [-0.2, 0) is 6.18 Å². The second-order valence-electron chi connectivity index (χ2n) is 4.18. The smallest absolute Gasteiger partial charge is 0.351 e. The van der Waals surface area contributed by atoms with Gasteiger partial charge < -0.3 is 5.32 Å². The van der Waals surface area contributed by atoms with E-state index in [1.54, 1.807) is 0 Å². The van der Waals surface area contributed by atoms with Crippen LogP contribution in [0.5, 0.6) is 0 Å². The lowest BCUT2D eigenvalue weighted by molar-refractivity contribution is -0.141. The van der Waals surface area contributed by atoms with E-state index in [-0.39, 0.29) is 12.0 Å². The van der Waals surface area contributed by atoms with Crippen LogP contribution in [0.25, 0.3) is 0 Å². The van der Waals surface area contributed by atoms with Crippen molar-refractivity contribution in [3.8, 4) is 0 Å². The fraction of sp³-hybridized carbons (Fsp3) is 0.600. The molecule has 0 aliphatic heterocycles. The Morgan fingerprint density at radius 1 is 1.38 bits per heavy atom. The highest BCUT2D eigenvalue weighted by Crippen LogP contribution is 2.30. The van der Waals surface area contributed by atoms with E-state index in [9.17, 15) is 13.2 Å². The number of halogens is 3. The molecule has 1 aliphatic rings. The number of hydrogen-bond donors (Lipinski definition) is 1. The number of anilines is 1. The minimum Gasteiger partial charge on any atom is -0.351 e. The van der Waals surface area contributed by atoms with Gasteiger partial charge in [-0.15, -0.1) is 0 Å². The Labute approximate surface area is 91.1 Å². The summed E-state index contributed by atoms with van der Waals surface area (Å²) >= 11 is 0. The topological polar surface area (TPSA) is 37.8 Å². The third-order valence-corrected chi connectivity index (χ3v) is 2.65. The number of nitrogens with one attached hydrogen (secondary N) is 1. The molecule has 88 valence electrons. The zero-order chi connectivity index (χ0) is 11.8. The Kier molecular flexibility index (Phi) is 2.73. The van der Waals surface area contributed by atoms with Crippen molar-refractivity contribution in [2.45, 2.75) is 32.0 Å². The molecule has 0 radical (unpaired) electrons. The molecule has 3 nitrogen and oxygen atoms in total. The summed E-state index contributed by atoms with van der Waals surface area (Å²) in [5.74, 6) is 0.690. The van der Waals surface area contributed by atoms with Crippen LogP contribution in [0.1, 0.15) is 25.5 Å². The van der Waals surface area contributed by atoms with Gasteiger partial charge in [-0.25, -0.2) is 9.97 Å². The molecule has 0 saturated heterocycles. The van der Waals surface area contributed by atoms with Crippen molar-refractivity contribution in [2.75, 3.05) is 5.32 Å². The van der Waals surface area contributed by atoms with Gasteiger partial charge in [0.05, 0.1) is 0 Å². The lowest BCUT2D eigenvalue weighted by Crippen LogP contribution is -2.34. The van der Waals surface area contributed by atoms with Crippen LogP contribution >= 0.6 is 0 Å². The average molecular weight is 231 g/mol. The molecule has 1 aromatic heterocycles. The molecule has 1 N–H and O–H groups in total. The fourth-order valence-electron chi connectivity index (χ4n) is 1.79. The summed E-state index contributed by atoms with van der Waals surface area (Å²) in [6.45, 7) is 2.10. The van der Waals surface area contributed by atoms with Gasteiger partial charge in [0.15, 0.2) is 0 Å². The van der Waals surface area contributed by atoms with E-state index in [0.29, 0.717) is 5.92 Å². The first-order valence-corrected chi connectivity index (χ1v) is 5.12. The van der Waals surface area contributed by atoms with Gasteiger partial charge in [-0.05, 0) is 24.8 Å². The molecule has 1 aliphatic carbocycles. The Balaban J connectivity index is 2.05. The highest BCUT2D eigenvalue weighted by Gasteiger charge is 2.33. The fourth-order valence-corrected chi connectivity index (χ4v) is 1.79. The molecule has 1 fully saturated rings. The summed E-state index contributed by atoms with van der Waals surface area (Å²) in [5.41, 5.74) is -0.905. The maximum Gasteiger partial charge on any atom is 0.433 e. The first-order valence-electron chi connectivity index (χ1n) is 5.12. The minimum atomic E-state index is -4.41. The van der Waals surface area contributed by atoms with Gasteiger partial charge in [0.1, 0.15) is 5.69 Å². The van der Waals surface area contributed by atoms with Crippen molar-refractivity contribution in [1.82, 2.24) is 9.97 Å². The molecule has 0 unspecified atom stereocenters. The second kappa shape index (κ2) is 3.92. The van der Waals surface area contributed by atoms with E-state index in [4.69, 9.17) is 0 Å². The predicted molar refractivity (Wildman–Crippen MR) is 52.8 cm³/mol. The molecule has 0 bridgehead atoms. The van der Waals surface area contributed by atoms with E-state index < -0.39 is 11.9 Å². The highest BCUT2D eigenvalue weighted by molar-refractivity contribution is 5.28. The predicted octanol–water partition coefficient (Wildman–Crippen LogP) is 2.71. The van der Waals surface area contributed by atoms with Crippen molar-refractivity contribution >= 4 is 5.95 Å². The van der Waals surface area contributed by atoms with Gasteiger partial charge in [0, 0.05) is 12.2 Å². The van der Waals surface area contributed by atoms with Crippen molar-refractivity contribution in [3.05, 3.63) is 18.0 Å². The number of alkyl halides is 3. The average Bonchev–Trinajstić information content (AvgIpc) is 2.14. The zero-order valence-electron chi connectivity index (χ0n) is 8.75. The molecule has 0 atom stereocenters. The molecule has 16 heavy (non-hydrogen) atoms. The number of nitrogens with zero attached hydrogens (tertiary/aromatic N) is 2. The maximum atomic E-state index is 12.3. The van der Waals surface area contributed by atoms with Crippen LogP contribution in [0, 0.1) is 5.92 Å². The van der Waals surface area contributed by atoms with E-state index >= 15 is 0 Å². The van der Waals surface area contributed by atoms with E-state index in [1.165, 1.54) is 0 Å². The largest absolute Gasteiger partial charge is 0.433 e. The molecule has 0 spiro atoms. The standard InChI is InChI=1S/C10H12F3N3/c1-6-4-7(5-6)15-9-14-3-2-8(16-9)10(11,12)13/h2-3,6-7H,4-5H2,1H3,(H,14,15,16). The zero-order valence-corrected chi connectivity index (χ0v) is 8.75. The van der Waals surface area contributed by atoms with E-state index in [1.807, 2.05) is 0 Å².